The van der Waals surface area contributed by atoms with Crippen molar-refractivity contribution < 1.29 is 9.59 Å². The highest BCUT2D eigenvalue weighted by atomic mass is 35.5. The average molecular weight is 334 g/mol. The Kier molecular flexibility index (Phi) is 7.92. The second-order valence-corrected chi connectivity index (χ2v) is 6.68. The van der Waals surface area contributed by atoms with Crippen LogP contribution in [-0.2, 0) is 4.79 Å². The van der Waals surface area contributed by atoms with Gasteiger partial charge in [-0.1, -0.05) is 19.9 Å². The number of nitrogens with two attached hydrogens (primary N) is 1. The summed E-state index contributed by atoms with van der Waals surface area (Å²) >= 11 is 1.35. The molecular weight excluding hydrogens is 310 g/mol. The molecule has 0 radical (unpaired) electrons. The number of halogens is 1. The highest BCUT2D eigenvalue weighted by Gasteiger charge is 2.25. The number of rotatable bonds is 6. The molecule has 1 unspecified atom stereocenters. The van der Waals surface area contributed by atoms with Gasteiger partial charge < -0.3 is 16.0 Å². The number of thiophene rings is 1. The second kappa shape index (κ2) is 8.36. The van der Waals surface area contributed by atoms with Crippen molar-refractivity contribution in [1.82, 2.24) is 10.2 Å². The Balaban J connectivity index is 0.00000400. The van der Waals surface area contributed by atoms with Gasteiger partial charge in [-0.3, -0.25) is 9.59 Å². The Bertz CT molecular complexity index is 463. The number of nitrogens with one attached hydrogen (secondary N) is 1. The summed E-state index contributed by atoms with van der Waals surface area (Å²) < 4.78 is 0. The summed E-state index contributed by atoms with van der Waals surface area (Å²) in [5, 5.41) is 4.55. The van der Waals surface area contributed by atoms with E-state index in [1.807, 2.05) is 25.3 Å². The van der Waals surface area contributed by atoms with Gasteiger partial charge >= 0.3 is 0 Å². The van der Waals surface area contributed by atoms with Crippen molar-refractivity contribution in [3.63, 3.8) is 0 Å². The molecule has 0 fully saturated rings. The maximum absolute atomic E-state index is 12.2. The third kappa shape index (κ3) is 6.03. The predicted molar refractivity (Wildman–Crippen MR) is 89.0 cm³/mol. The van der Waals surface area contributed by atoms with E-state index in [9.17, 15) is 9.59 Å². The van der Waals surface area contributed by atoms with Crippen molar-refractivity contribution in [3.05, 3.63) is 22.4 Å². The number of likely N-dealkylation sites (N-methyl/N-ethyl adjacent to an activating group) is 1. The van der Waals surface area contributed by atoms with Gasteiger partial charge in [0.15, 0.2) is 0 Å². The summed E-state index contributed by atoms with van der Waals surface area (Å²) in [6.45, 7) is 6.76. The van der Waals surface area contributed by atoms with Gasteiger partial charge in [-0.25, -0.2) is 0 Å². The summed E-state index contributed by atoms with van der Waals surface area (Å²) in [5.41, 5.74) is 5.53. The van der Waals surface area contributed by atoms with Gasteiger partial charge in [-0.05, 0) is 30.3 Å². The summed E-state index contributed by atoms with van der Waals surface area (Å²) in [7, 11) is 1.73. The molecule has 21 heavy (non-hydrogen) atoms. The van der Waals surface area contributed by atoms with E-state index in [0.29, 0.717) is 18.0 Å². The number of carbonyl (C=O) groups excluding carboxylic acids is 2. The monoisotopic (exact) mass is 333 g/mol. The quantitative estimate of drug-likeness (QED) is 0.832. The summed E-state index contributed by atoms with van der Waals surface area (Å²) in [4.78, 5) is 26.3. The smallest absolute Gasteiger partial charge is 0.261 e. The Morgan fingerprint density at radius 2 is 2.10 bits per heavy atom. The van der Waals surface area contributed by atoms with E-state index >= 15 is 0 Å². The summed E-state index contributed by atoms with van der Waals surface area (Å²) in [6.07, 6.45) is 0. The molecular formula is C14H24ClN3O2S. The van der Waals surface area contributed by atoms with Gasteiger partial charge in [0, 0.05) is 13.6 Å². The predicted octanol–water partition coefficient (Wildman–Crippen LogP) is 1.73. The fourth-order valence-corrected chi connectivity index (χ4v) is 2.48. The van der Waals surface area contributed by atoms with E-state index in [2.05, 4.69) is 5.32 Å². The van der Waals surface area contributed by atoms with Crippen LogP contribution < -0.4 is 11.1 Å². The van der Waals surface area contributed by atoms with Crippen molar-refractivity contribution in [2.75, 3.05) is 20.1 Å². The molecule has 0 aliphatic rings. The zero-order valence-corrected chi connectivity index (χ0v) is 14.5. The van der Waals surface area contributed by atoms with Crippen LogP contribution in [0.3, 0.4) is 0 Å². The molecule has 7 heteroatoms. The number of amides is 2. The largest absolute Gasteiger partial charge is 0.343 e. The third-order valence-electron chi connectivity index (χ3n) is 3.06. The van der Waals surface area contributed by atoms with Gasteiger partial charge in [-0.15, -0.1) is 23.7 Å². The molecule has 3 N–H and O–H groups in total. The van der Waals surface area contributed by atoms with Crippen LogP contribution in [0.4, 0.5) is 0 Å². The van der Waals surface area contributed by atoms with Gasteiger partial charge in [-0.2, -0.15) is 0 Å². The Morgan fingerprint density at radius 3 is 2.57 bits per heavy atom. The van der Waals surface area contributed by atoms with E-state index in [0.717, 1.165) is 0 Å². The van der Waals surface area contributed by atoms with E-state index in [4.69, 9.17) is 5.73 Å². The van der Waals surface area contributed by atoms with Crippen molar-refractivity contribution in [2.24, 2.45) is 11.1 Å². The third-order valence-corrected chi connectivity index (χ3v) is 3.93. The van der Waals surface area contributed by atoms with Crippen LogP contribution in [0.25, 0.3) is 0 Å². The van der Waals surface area contributed by atoms with E-state index in [1.165, 1.54) is 11.3 Å². The molecule has 0 saturated carbocycles. The van der Waals surface area contributed by atoms with Crippen LogP contribution >= 0.6 is 23.7 Å². The van der Waals surface area contributed by atoms with Crippen LogP contribution in [0.5, 0.6) is 0 Å². The molecule has 2 amide bonds. The molecule has 1 aromatic heterocycles. The minimum atomic E-state index is -0.553. The summed E-state index contributed by atoms with van der Waals surface area (Å²) in [6, 6.07) is 2.99. The lowest BCUT2D eigenvalue weighted by Gasteiger charge is -2.30. The number of nitrogens with zero attached hydrogens (tertiary/aromatic N) is 1. The first-order chi connectivity index (χ1) is 9.26. The molecule has 0 bridgehead atoms. The minimum absolute atomic E-state index is 0. The van der Waals surface area contributed by atoms with Crippen molar-refractivity contribution >= 4 is 35.6 Å². The molecule has 0 saturated heterocycles. The first-order valence-electron chi connectivity index (χ1n) is 6.56. The van der Waals surface area contributed by atoms with Gasteiger partial charge in [0.25, 0.3) is 5.91 Å². The van der Waals surface area contributed by atoms with E-state index in [1.54, 1.807) is 24.9 Å². The molecule has 1 atom stereocenters. The average Bonchev–Trinajstić information content (AvgIpc) is 2.91. The van der Waals surface area contributed by atoms with Crippen LogP contribution in [0.2, 0.25) is 0 Å². The molecule has 0 aromatic carbocycles. The lowest BCUT2D eigenvalue weighted by molar-refractivity contribution is -0.132. The molecule has 0 spiro atoms. The summed E-state index contributed by atoms with van der Waals surface area (Å²) in [5.74, 6) is -0.330. The lowest BCUT2D eigenvalue weighted by atomic mass is 9.93. The molecule has 1 heterocycles. The van der Waals surface area contributed by atoms with Gasteiger partial charge in [0.05, 0.1) is 4.88 Å². The van der Waals surface area contributed by atoms with Crippen LogP contribution in [0, 0.1) is 5.41 Å². The lowest BCUT2D eigenvalue weighted by Crippen LogP contribution is -2.48. The maximum atomic E-state index is 12.2. The topological polar surface area (TPSA) is 75.4 Å². The Labute approximate surface area is 136 Å². The zero-order valence-electron chi connectivity index (χ0n) is 12.9. The van der Waals surface area contributed by atoms with Crippen LogP contribution in [0.15, 0.2) is 17.5 Å². The fourth-order valence-electron chi connectivity index (χ4n) is 1.85. The maximum Gasteiger partial charge on any atom is 0.261 e. The normalized spacial score (nSPS) is 12.2. The van der Waals surface area contributed by atoms with E-state index < -0.39 is 6.04 Å². The first kappa shape index (κ1) is 19.9. The minimum Gasteiger partial charge on any atom is -0.343 e. The highest BCUT2D eigenvalue weighted by molar-refractivity contribution is 7.12. The van der Waals surface area contributed by atoms with E-state index in [-0.39, 0.29) is 29.6 Å². The molecule has 1 aromatic rings. The standard InChI is InChI=1S/C14H23N3O2S.ClH/c1-10(16-12(18)11-6-5-7-20-11)13(19)17(4)9-14(2,3)8-15;/h5-7,10H,8-9,15H2,1-4H3,(H,16,18);1H. The Hall–Kier alpha value is -1.11. The second-order valence-electron chi connectivity index (χ2n) is 5.74. The van der Waals surface area contributed by atoms with Crippen molar-refractivity contribution in [1.29, 1.82) is 0 Å². The van der Waals surface area contributed by atoms with Crippen LogP contribution in [-0.4, -0.2) is 42.9 Å². The highest BCUT2D eigenvalue weighted by Crippen LogP contribution is 2.14. The number of hydrogen-bond donors (Lipinski definition) is 2. The molecule has 120 valence electrons. The molecule has 0 aliphatic heterocycles. The van der Waals surface area contributed by atoms with Gasteiger partial charge in [0.1, 0.15) is 6.04 Å². The zero-order chi connectivity index (χ0) is 15.3. The fraction of sp³-hybridized carbons (Fsp3) is 0.571. The van der Waals surface area contributed by atoms with Crippen LogP contribution in [0.1, 0.15) is 30.4 Å². The SMILES string of the molecule is CC(NC(=O)c1cccs1)C(=O)N(C)CC(C)(C)CN.Cl. The number of hydrogen-bond acceptors (Lipinski definition) is 4. The van der Waals surface area contributed by atoms with Gasteiger partial charge in [0.2, 0.25) is 5.91 Å². The molecule has 5 nitrogen and oxygen atoms in total. The molecule has 1 rings (SSSR count). The number of carbonyl (C=O) groups is 2. The Morgan fingerprint density at radius 1 is 1.48 bits per heavy atom. The van der Waals surface area contributed by atoms with Crippen molar-refractivity contribution in [3.8, 4) is 0 Å². The molecule has 0 aliphatic carbocycles. The van der Waals surface area contributed by atoms with Crippen molar-refractivity contribution in [2.45, 2.75) is 26.8 Å². The first-order valence-corrected chi connectivity index (χ1v) is 7.44.